The van der Waals surface area contributed by atoms with Crippen LogP contribution in [0, 0.1) is 10.1 Å². The van der Waals surface area contributed by atoms with Gasteiger partial charge in [0, 0.05) is 6.07 Å². The van der Waals surface area contributed by atoms with Gasteiger partial charge in [0.15, 0.2) is 18.5 Å². The van der Waals surface area contributed by atoms with E-state index in [1.165, 1.54) is 18.2 Å². The van der Waals surface area contributed by atoms with E-state index in [1.807, 2.05) is 0 Å². The smallest absolute Gasteiger partial charge is 0.338 e. The number of hydrogen-bond donors (Lipinski definition) is 0. The molecule has 0 radical (unpaired) electrons. The monoisotopic (exact) mass is 597 g/mol. The fourth-order valence-corrected chi connectivity index (χ4v) is 4.56. The maximum Gasteiger partial charge on any atom is 0.338 e. The molecule has 1 aliphatic rings. The van der Waals surface area contributed by atoms with Crippen molar-refractivity contribution in [1.82, 2.24) is 0 Å². The molecule has 5 rings (SSSR count). The molecule has 0 bridgehead atoms. The van der Waals surface area contributed by atoms with E-state index in [4.69, 9.17) is 23.7 Å². The highest BCUT2D eigenvalue weighted by molar-refractivity contribution is 5.91. The first-order valence-corrected chi connectivity index (χ1v) is 13.6. The third kappa shape index (κ3) is 7.33. The molecule has 0 spiro atoms. The standard InChI is InChI=1S/C33H27NO10/c35-30(22-12-4-1-5-13-22)40-21-27-28(43-31(36)23-14-6-2-7-15-23)29(44-32(37)24-16-8-3-9-17-24)33(42-27)41-20-25-18-10-11-19-26(25)34(38)39/h1-19,27-29,33H,20-21H2/t27-,28-,29-,33+/m1/s1. The number of nitro groups is 1. The molecule has 0 aromatic heterocycles. The largest absolute Gasteiger partial charge is 0.459 e. The molecule has 0 unspecified atom stereocenters. The number of hydrogen-bond acceptors (Lipinski definition) is 10. The lowest BCUT2D eigenvalue weighted by molar-refractivity contribution is -0.386. The number of nitrogens with zero attached hydrogens (tertiary/aromatic N) is 1. The molecule has 0 aliphatic carbocycles. The summed E-state index contributed by atoms with van der Waals surface area (Å²) >= 11 is 0. The zero-order chi connectivity index (χ0) is 30.9. The van der Waals surface area contributed by atoms with Gasteiger partial charge in [-0.05, 0) is 42.5 Å². The molecule has 4 aromatic carbocycles. The Balaban J connectivity index is 1.43. The quantitative estimate of drug-likeness (QED) is 0.0987. The van der Waals surface area contributed by atoms with E-state index in [-0.39, 0.29) is 35.6 Å². The average molecular weight is 598 g/mol. The third-order valence-electron chi connectivity index (χ3n) is 6.75. The Morgan fingerprint density at radius 3 is 1.68 bits per heavy atom. The number of rotatable bonds is 11. The average Bonchev–Trinajstić information content (AvgIpc) is 3.38. The highest BCUT2D eigenvalue weighted by Crippen LogP contribution is 2.31. The normalized spacial score (nSPS) is 19.1. The van der Waals surface area contributed by atoms with Gasteiger partial charge in [-0.2, -0.15) is 0 Å². The molecule has 1 heterocycles. The summed E-state index contributed by atoms with van der Waals surface area (Å²) in [7, 11) is 0. The second-order valence-corrected chi connectivity index (χ2v) is 9.68. The number of carbonyl (C=O) groups excluding carboxylic acids is 3. The fourth-order valence-electron chi connectivity index (χ4n) is 4.56. The summed E-state index contributed by atoms with van der Waals surface area (Å²) in [4.78, 5) is 50.1. The van der Waals surface area contributed by atoms with E-state index in [0.717, 1.165) is 0 Å². The lowest BCUT2D eigenvalue weighted by Gasteiger charge is -2.24. The van der Waals surface area contributed by atoms with Crippen LogP contribution in [-0.2, 0) is 30.3 Å². The molecule has 1 fully saturated rings. The molecular formula is C33H27NO10. The van der Waals surface area contributed by atoms with Crippen LogP contribution in [0.2, 0.25) is 0 Å². The fraction of sp³-hybridized carbons (Fsp3) is 0.182. The van der Waals surface area contributed by atoms with Crippen LogP contribution in [0.5, 0.6) is 0 Å². The van der Waals surface area contributed by atoms with Gasteiger partial charge in [-0.3, -0.25) is 10.1 Å². The third-order valence-corrected chi connectivity index (χ3v) is 6.75. The van der Waals surface area contributed by atoms with Crippen molar-refractivity contribution in [3.8, 4) is 0 Å². The van der Waals surface area contributed by atoms with Crippen molar-refractivity contribution >= 4 is 23.6 Å². The second-order valence-electron chi connectivity index (χ2n) is 9.68. The van der Waals surface area contributed by atoms with Crippen molar-refractivity contribution in [2.45, 2.75) is 31.2 Å². The first-order valence-electron chi connectivity index (χ1n) is 13.6. The first kappa shape index (κ1) is 30.1. The zero-order valence-electron chi connectivity index (χ0n) is 23.2. The van der Waals surface area contributed by atoms with Crippen molar-refractivity contribution in [1.29, 1.82) is 0 Å². The maximum atomic E-state index is 13.2. The summed E-state index contributed by atoms with van der Waals surface area (Å²) in [6.07, 6.45) is -5.09. The molecule has 44 heavy (non-hydrogen) atoms. The van der Waals surface area contributed by atoms with E-state index in [2.05, 4.69) is 0 Å². The molecule has 11 nitrogen and oxygen atoms in total. The van der Waals surface area contributed by atoms with E-state index >= 15 is 0 Å². The Morgan fingerprint density at radius 1 is 0.659 bits per heavy atom. The number of ether oxygens (including phenoxy) is 5. The highest BCUT2D eigenvalue weighted by Gasteiger charge is 2.51. The van der Waals surface area contributed by atoms with E-state index < -0.39 is 47.4 Å². The molecule has 4 atom stereocenters. The Hall–Kier alpha value is -5.39. The van der Waals surface area contributed by atoms with Crippen LogP contribution in [0.3, 0.4) is 0 Å². The summed E-state index contributed by atoms with van der Waals surface area (Å²) in [5.41, 5.74) is 0.802. The second kappa shape index (κ2) is 14.2. The predicted octanol–water partition coefficient (Wildman–Crippen LogP) is 5.14. The SMILES string of the molecule is O=C(OC[C@H]1O[C@H](OCc2ccccc2[N+](=O)[O-])[C@H](OC(=O)c2ccccc2)[C@@H]1OC(=O)c1ccccc1)c1ccccc1. The van der Waals surface area contributed by atoms with Crippen molar-refractivity contribution in [3.63, 3.8) is 0 Å². The molecule has 224 valence electrons. The molecular weight excluding hydrogens is 570 g/mol. The minimum absolute atomic E-state index is 0.177. The number of carbonyl (C=O) groups is 3. The lowest BCUT2D eigenvalue weighted by Crippen LogP contribution is -2.42. The Kier molecular flexibility index (Phi) is 9.70. The molecule has 4 aromatic rings. The van der Waals surface area contributed by atoms with Crippen molar-refractivity contribution in [2.24, 2.45) is 0 Å². The predicted molar refractivity (Wildman–Crippen MR) is 155 cm³/mol. The van der Waals surface area contributed by atoms with Gasteiger partial charge in [0.2, 0.25) is 0 Å². The highest BCUT2D eigenvalue weighted by atomic mass is 16.7. The molecule has 0 N–H and O–H groups in total. The number of esters is 3. The molecule has 0 saturated carbocycles. The minimum atomic E-state index is -1.35. The van der Waals surface area contributed by atoms with Gasteiger partial charge >= 0.3 is 17.9 Å². The summed E-state index contributed by atoms with van der Waals surface area (Å²) in [5.74, 6) is -2.13. The van der Waals surface area contributed by atoms with Gasteiger partial charge in [-0.25, -0.2) is 14.4 Å². The van der Waals surface area contributed by atoms with E-state index in [1.54, 1.807) is 97.1 Å². The van der Waals surface area contributed by atoms with E-state index in [0.29, 0.717) is 5.56 Å². The Morgan fingerprint density at radius 2 is 1.14 bits per heavy atom. The van der Waals surface area contributed by atoms with Crippen LogP contribution >= 0.6 is 0 Å². The zero-order valence-corrected chi connectivity index (χ0v) is 23.2. The molecule has 1 aliphatic heterocycles. The Bertz CT molecular complexity index is 1600. The number of para-hydroxylation sites is 1. The summed E-state index contributed by atoms with van der Waals surface area (Å²) in [6.45, 7) is -0.678. The van der Waals surface area contributed by atoms with Gasteiger partial charge in [0.1, 0.15) is 12.7 Å². The first-order chi connectivity index (χ1) is 21.4. The maximum absolute atomic E-state index is 13.2. The van der Waals surface area contributed by atoms with Gasteiger partial charge in [-0.1, -0.05) is 66.7 Å². The van der Waals surface area contributed by atoms with Crippen molar-refractivity contribution < 1.29 is 43.0 Å². The van der Waals surface area contributed by atoms with E-state index in [9.17, 15) is 24.5 Å². The molecule has 0 amide bonds. The van der Waals surface area contributed by atoms with Crippen molar-refractivity contribution in [2.75, 3.05) is 6.61 Å². The van der Waals surface area contributed by atoms with Crippen LogP contribution in [-0.4, -0.2) is 54.0 Å². The van der Waals surface area contributed by atoms with Gasteiger partial charge in [0.05, 0.1) is 33.8 Å². The Labute approximate surface area is 252 Å². The van der Waals surface area contributed by atoms with Gasteiger partial charge < -0.3 is 23.7 Å². The topological polar surface area (TPSA) is 141 Å². The van der Waals surface area contributed by atoms with Crippen LogP contribution in [0.4, 0.5) is 5.69 Å². The summed E-state index contributed by atoms with van der Waals surface area (Å²) < 4.78 is 29.1. The number of benzene rings is 4. The van der Waals surface area contributed by atoms with Crippen LogP contribution in [0.25, 0.3) is 0 Å². The van der Waals surface area contributed by atoms with Gasteiger partial charge in [-0.15, -0.1) is 0 Å². The lowest BCUT2D eigenvalue weighted by atomic mass is 10.1. The van der Waals surface area contributed by atoms with Crippen LogP contribution in [0.1, 0.15) is 36.6 Å². The minimum Gasteiger partial charge on any atom is -0.459 e. The van der Waals surface area contributed by atoms with Gasteiger partial charge in [0.25, 0.3) is 5.69 Å². The van der Waals surface area contributed by atoms with Crippen molar-refractivity contribution in [3.05, 3.63) is 148 Å². The summed E-state index contributed by atoms with van der Waals surface area (Å²) in [6, 6.07) is 30.5. The molecule has 1 saturated heterocycles. The number of nitro benzene ring substituents is 1. The molecule has 11 heteroatoms. The van der Waals surface area contributed by atoms with Crippen LogP contribution < -0.4 is 0 Å². The summed E-state index contributed by atoms with van der Waals surface area (Å²) in [5, 5.41) is 11.6. The van der Waals surface area contributed by atoms with Crippen LogP contribution in [0.15, 0.2) is 115 Å².